The lowest BCUT2D eigenvalue weighted by Gasteiger charge is -2.21. The number of halogens is 3. The van der Waals surface area contributed by atoms with Crippen molar-refractivity contribution in [3.8, 4) is 0 Å². The Morgan fingerprint density at radius 2 is 1.83 bits per heavy atom. The first-order valence-corrected chi connectivity index (χ1v) is 10.0. The summed E-state index contributed by atoms with van der Waals surface area (Å²) in [5.74, 6) is -0.987. The lowest BCUT2D eigenvalue weighted by atomic mass is 10.1. The maximum atomic E-state index is 13.1. The average Bonchev–Trinajstić information content (AvgIpc) is 2.65. The van der Waals surface area contributed by atoms with Gasteiger partial charge in [0.1, 0.15) is 0 Å². The van der Waals surface area contributed by atoms with E-state index in [-0.39, 0.29) is 12.1 Å². The number of hydrogen-bond donors (Lipinski definition) is 1. The quantitative estimate of drug-likeness (QED) is 0.518. The van der Waals surface area contributed by atoms with E-state index in [2.05, 4.69) is 5.32 Å². The first kappa shape index (κ1) is 23.3. The van der Waals surface area contributed by atoms with Crippen LogP contribution in [0.25, 0.3) is 0 Å². The number of hydrogen-bond acceptors (Lipinski definition) is 5. The van der Waals surface area contributed by atoms with Crippen LogP contribution in [0.1, 0.15) is 18.1 Å². The van der Waals surface area contributed by atoms with Gasteiger partial charge in [-0.05, 0) is 25.1 Å². The van der Waals surface area contributed by atoms with Gasteiger partial charge >= 0.3 is 6.18 Å². The SMILES string of the molecule is CCN(CC(=O)Nc1ccccc1C(F)(F)F)S(=O)(=O)c1ccc(C)c([N+](=O)[O-])c1. The van der Waals surface area contributed by atoms with E-state index in [1.165, 1.54) is 26.0 Å². The molecule has 0 aliphatic rings. The van der Waals surface area contributed by atoms with E-state index in [0.29, 0.717) is 4.31 Å². The molecule has 0 radical (unpaired) electrons. The predicted molar refractivity (Wildman–Crippen MR) is 102 cm³/mol. The highest BCUT2D eigenvalue weighted by Crippen LogP contribution is 2.34. The van der Waals surface area contributed by atoms with Crippen LogP contribution in [0, 0.1) is 17.0 Å². The van der Waals surface area contributed by atoms with E-state index in [1.807, 2.05) is 0 Å². The zero-order chi connectivity index (χ0) is 22.7. The molecular formula is C18H18F3N3O5S. The van der Waals surface area contributed by atoms with Gasteiger partial charge in [0.2, 0.25) is 15.9 Å². The number of benzene rings is 2. The Morgan fingerprint density at radius 3 is 2.40 bits per heavy atom. The van der Waals surface area contributed by atoms with Gasteiger partial charge in [-0.25, -0.2) is 8.42 Å². The average molecular weight is 445 g/mol. The van der Waals surface area contributed by atoms with Gasteiger partial charge in [0.25, 0.3) is 5.69 Å². The van der Waals surface area contributed by atoms with Crippen molar-refractivity contribution in [1.82, 2.24) is 4.31 Å². The summed E-state index contributed by atoms with van der Waals surface area (Å²) in [6.07, 6.45) is -4.71. The minimum Gasteiger partial charge on any atom is -0.324 e. The number of para-hydroxylation sites is 1. The highest BCUT2D eigenvalue weighted by Gasteiger charge is 2.34. The van der Waals surface area contributed by atoms with Crippen LogP contribution >= 0.6 is 0 Å². The van der Waals surface area contributed by atoms with Crippen molar-refractivity contribution in [1.29, 1.82) is 0 Å². The van der Waals surface area contributed by atoms with Gasteiger partial charge in [-0.3, -0.25) is 14.9 Å². The molecule has 162 valence electrons. The maximum absolute atomic E-state index is 13.1. The largest absolute Gasteiger partial charge is 0.418 e. The van der Waals surface area contributed by atoms with Crippen LogP contribution in [0.3, 0.4) is 0 Å². The molecule has 0 spiro atoms. The molecule has 2 aromatic carbocycles. The van der Waals surface area contributed by atoms with Crippen molar-refractivity contribution < 1.29 is 31.3 Å². The van der Waals surface area contributed by atoms with Crippen molar-refractivity contribution in [2.75, 3.05) is 18.4 Å². The van der Waals surface area contributed by atoms with E-state index in [4.69, 9.17) is 0 Å². The molecule has 0 aliphatic heterocycles. The van der Waals surface area contributed by atoms with E-state index in [9.17, 15) is 36.5 Å². The molecule has 0 unspecified atom stereocenters. The van der Waals surface area contributed by atoms with Crippen LogP contribution in [0.5, 0.6) is 0 Å². The van der Waals surface area contributed by atoms with Gasteiger partial charge < -0.3 is 5.32 Å². The van der Waals surface area contributed by atoms with Gasteiger partial charge in [0, 0.05) is 18.2 Å². The molecule has 1 amide bonds. The first-order valence-electron chi connectivity index (χ1n) is 8.59. The van der Waals surface area contributed by atoms with Gasteiger partial charge in [-0.1, -0.05) is 25.1 Å². The minimum absolute atomic E-state index is 0.182. The maximum Gasteiger partial charge on any atom is 0.418 e. The number of nitro groups is 1. The molecular weight excluding hydrogens is 427 g/mol. The fourth-order valence-corrected chi connectivity index (χ4v) is 4.08. The Labute approximate surface area is 170 Å². The second-order valence-corrected chi connectivity index (χ2v) is 8.17. The summed E-state index contributed by atoms with van der Waals surface area (Å²) in [4.78, 5) is 22.2. The molecule has 12 heteroatoms. The molecule has 2 aromatic rings. The molecule has 8 nitrogen and oxygen atoms in total. The van der Waals surface area contributed by atoms with Gasteiger partial charge in [0.15, 0.2) is 0 Å². The zero-order valence-corrected chi connectivity index (χ0v) is 16.7. The van der Waals surface area contributed by atoms with Crippen LogP contribution in [0.4, 0.5) is 24.5 Å². The summed E-state index contributed by atoms with van der Waals surface area (Å²) in [6, 6.07) is 7.60. The number of nitrogens with zero attached hydrogens (tertiary/aromatic N) is 2. The summed E-state index contributed by atoms with van der Waals surface area (Å²) in [5.41, 5.74) is -1.73. The van der Waals surface area contributed by atoms with Gasteiger partial charge in [-0.2, -0.15) is 17.5 Å². The molecule has 0 heterocycles. The monoisotopic (exact) mass is 445 g/mol. The highest BCUT2D eigenvalue weighted by atomic mass is 32.2. The second-order valence-electron chi connectivity index (χ2n) is 6.23. The normalized spacial score (nSPS) is 12.1. The number of rotatable bonds is 7. The van der Waals surface area contributed by atoms with Crippen LogP contribution in [0.15, 0.2) is 47.4 Å². The van der Waals surface area contributed by atoms with Crippen molar-refractivity contribution in [3.05, 3.63) is 63.7 Å². The van der Waals surface area contributed by atoms with E-state index >= 15 is 0 Å². The Hall–Kier alpha value is -2.99. The second kappa shape index (κ2) is 8.79. The number of carbonyl (C=O) groups excluding carboxylic acids is 1. The Bertz CT molecular complexity index is 1070. The number of carbonyl (C=O) groups is 1. The number of sulfonamides is 1. The summed E-state index contributed by atoms with van der Waals surface area (Å²) >= 11 is 0. The van der Waals surface area contributed by atoms with Gasteiger partial charge in [0.05, 0.1) is 27.6 Å². The molecule has 0 aliphatic carbocycles. The molecule has 0 saturated heterocycles. The third-order valence-electron chi connectivity index (χ3n) is 4.19. The minimum atomic E-state index is -4.71. The highest BCUT2D eigenvalue weighted by molar-refractivity contribution is 7.89. The summed E-state index contributed by atoms with van der Waals surface area (Å²) < 4.78 is 65.5. The summed E-state index contributed by atoms with van der Waals surface area (Å²) in [7, 11) is -4.30. The summed E-state index contributed by atoms with van der Waals surface area (Å²) in [5, 5.41) is 13.1. The number of anilines is 1. The van der Waals surface area contributed by atoms with Gasteiger partial charge in [-0.15, -0.1) is 0 Å². The zero-order valence-electron chi connectivity index (χ0n) is 15.9. The van der Waals surface area contributed by atoms with Crippen LogP contribution in [0.2, 0.25) is 0 Å². The van der Waals surface area contributed by atoms with E-state index in [0.717, 1.165) is 30.3 Å². The van der Waals surface area contributed by atoms with Crippen molar-refractivity contribution >= 4 is 27.3 Å². The number of likely N-dealkylation sites (N-methyl/N-ethyl adjacent to an activating group) is 1. The van der Waals surface area contributed by atoms with Crippen LogP contribution in [-0.2, 0) is 21.0 Å². The number of nitrogens with one attached hydrogen (secondary N) is 1. The molecule has 0 fully saturated rings. The fourth-order valence-electron chi connectivity index (χ4n) is 2.65. The number of nitro benzene ring substituents is 1. The lowest BCUT2D eigenvalue weighted by molar-refractivity contribution is -0.385. The smallest absolute Gasteiger partial charge is 0.324 e. The molecule has 1 N–H and O–H groups in total. The Balaban J connectivity index is 2.28. The van der Waals surface area contributed by atoms with E-state index in [1.54, 1.807) is 0 Å². The topological polar surface area (TPSA) is 110 Å². The predicted octanol–water partition coefficient (Wildman–Crippen LogP) is 3.57. The van der Waals surface area contributed by atoms with E-state index < -0.39 is 55.4 Å². The third-order valence-corrected chi connectivity index (χ3v) is 6.11. The van der Waals surface area contributed by atoms with Crippen molar-refractivity contribution in [2.45, 2.75) is 24.9 Å². The van der Waals surface area contributed by atoms with Crippen LogP contribution < -0.4 is 5.32 Å². The van der Waals surface area contributed by atoms with Crippen molar-refractivity contribution in [2.24, 2.45) is 0 Å². The Kier molecular flexibility index (Phi) is 6.83. The number of amides is 1. The third kappa shape index (κ3) is 5.13. The van der Waals surface area contributed by atoms with Crippen LogP contribution in [-0.4, -0.2) is 36.6 Å². The lowest BCUT2D eigenvalue weighted by Crippen LogP contribution is -2.38. The molecule has 0 saturated carbocycles. The Morgan fingerprint density at radius 1 is 1.20 bits per heavy atom. The molecule has 0 bridgehead atoms. The summed E-state index contributed by atoms with van der Waals surface area (Å²) in [6.45, 7) is 1.92. The number of aryl methyl sites for hydroxylation is 1. The molecule has 0 atom stereocenters. The standard InChI is InChI=1S/C18H18F3N3O5S/c1-3-23(30(28,29)13-9-8-12(2)16(10-13)24(26)27)11-17(25)22-15-7-5-4-6-14(15)18(19,20)21/h4-10H,3,11H2,1-2H3,(H,22,25). The molecule has 30 heavy (non-hydrogen) atoms. The molecule has 2 rings (SSSR count). The fraction of sp³-hybridized carbons (Fsp3) is 0.278. The molecule has 0 aromatic heterocycles. The first-order chi connectivity index (χ1) is 13.9. The van der Waals surface area contributed by atoms with Crippen molar-refractivity contribution in [3.63, 3.8) is 0 Å². The number of alkyl halides is 3.